The smallest absolute Gasteiger partial charge is 0.255 e. The molecule has 6 heteroatoms. The molecule has 0 aliphatic carbocycles. The van der Waals surface area contributed by atoms with Gasteiger partial charge in [0.1, 0.15) is 0 Å². The number of fused-ring (bicyclic) bond motifs is 6. The number of ether oxygens (including phenoxy) is 2. The van der Waals surface area contributed by atoms with Crippen molar-refractivity contribution < 1.29 is 14.3 Å². The van der Waals surface area contributed by atoms with Gasteiger partial charge in [-0.25, -0.2) is 0 Å². The fraction of sp³-hybridized carbons (Fsp3) is 0.500. The van der Waals surface area contributed by atoms with E-state index in [0.717, 1.165) is 49.7 Å². The van der Waals surface area contributed by atoms with Crippen LogP contribution in [-0.2, 0) is 6.42 Å². The van der Waals surface area contributed by atoms with Crippen LogP contribution in [0, 0.1) is 5.92 Å². The van der Waals surface area contributed by atoms with E-state index < -0.39 is 0 Å². The normalized spacial score (nSPS) is 27.1. The summed E-state index contributed by atoms with van der Waals surface area (Å²) < 4.78 is 11.9. The Balaban J connectivity index is 1.31. The van der Waals surface area contributed by atoms with Gasteiger partial charge in [-0.15, -0.1) is 0 Å². The maximum absolute atomic E-state index is 13.3. The third-order valence-electron chi connectivity index (χ3n) is 7.77. The summed E-state index contributed by atoms with van der Waals surface area (Å²) in [6.45, 7) is 5.50. The third-order valence-corrected chi connectivity index (χ3v) is 7.77. The standard InChI is InChI=1S/C26H31N3O3/c1-16(17-6-3-2-4-7-17)28-26(30)20-12-18-9-11-29-14-19-8-5-10-27-21(19)13-22(29)23(18)25-24(20)31-15-32-25/h2-4,6-7,12,16,19,21-22,27H,5,8-11,13-15H2,1H3,(H,28,30)/t16-,19-,21+,22-/m1/s1. The number of piperidine rings is 2. The van der Waals surface area contributed by atoms with Gasteiger partial charge in [0.25, 0.3) is 5.91 Å². The van der Waals surface area contributed by atoms with Crippen LogP contribution < -0.4 is 20.1 Å². The molecule has 2 saturated heterocycles. The lowest BCUT2D eigenvalue weighted by atomic mass is 9.77. The van der Waals surface area contributed by atoms with Crippen molar-refractivity contribution in [1.82, 2.24) is 15.5 Å². The molecule has 6 rings (SSSR count). The summed E-state index contributed by atoms with van der Waals surface area (Å²) in [5.41, 5.74) is 4.17. The molecule has 0 aromatic heterocycles. The van der Waals surface area contributed by atoms with Gasteiger partial charge in [0.15, 0.2) is 11.5 Å². The van der Waals surface area contributed by atoms with Crippen LogP contribution in [0.3, 0.4) is 0 Å². The van der Waals surface area contributed by atoms with E-state index in [1.54, 1.807) is 0 Å². The average molecular weight is 434 g/mol. The van der Waals surface area contributed by atoms with E-state index in [9.17, 15) is 4.79 Å². The topological polar surface area (TPSA) is 62.8 Å². The monoisotopic (exact) mass is 433 g/mol. The molecule has 168 valence electrons. The van der Waals surface area contributed by atoms with Gasteiger partial charge in [-0.3, -0.25) is 9.69 Å². The van der Waals surface area contributed by atoms with E-state index in [1.165, 1.54) is 24.0 Å². The Bertz CT molecular complexity index is 1020. The van der Waals surface area contributed by atoms with Crippen molar-refractivity contribution in [3.05, 3.63) is 58.7 Å². The molecule has 4 heterocycles. The number of carbonyl (C=O) groups is 1. The second kappa shape index (κ2) is 8.09. The van der Waals surface area contributed by atoms with Crippen molar-refractivity contribution in [2.45, 2.75) is 50.7 Å². The van der Waals surface area contributed by atoms with E-state index in [-0.39, 0.29) is 18.7 Å². The molecule has 32 heavy (non-hydrogen) atoms. The number of rotatable bonds is 3. The molecule has 0 radical (unpaired) electrons. The lowest BCUT2D eigenvalue weighted by Crippen LogP contribution is -2.54. The van der Waals surface area contributed by atoms with Crippen LogP contribution in [0.25, 0.3) is 0 Å². The number of benzene rings is 2. The van der Waals surface area contributed by atoms with Crippen molar-refractivity contribution >= 4 is 5.91 Å². The van der Waals surface area contributed by atoms with E-state index in [0.29, 0.717) is 23.4 Å². The number of hydrogen-bond acceptors (Lipinski definition) is 5. The Kier molecular flexibility index (Phi) is 5.07. The first-order valence-corrected chi connectivity index (χ1v) is 12.0. The predicted molar refractivity (Wildman–Crippen MR) is 122 cm³/mol. The Morgan fingerprint density at radius 3 is 2.94 bits per heavy atom. The first-order valence-electron chi connectivity index (χ1n) is 12.0. The Labute approximate surface area is 189 Å². The minimum atomic E-state index is -0.106. The second-order valence-corrected chi connectivity index (χ2v) is 9.63. The van der Waals surface area contributed by atoms with Gasteiger partial charge in [-0.2, -0.15) is 0 Å². The maximum atomic E-state index is 13.3. The number of nitrogens with zero attached hydrogens (tertiary/aromatic N) is 1. The van der Waals surface area contributed by atoms with E-state index in [1.807, 2.05) is 37.3 Å². The highest BCUT2D eigenvalue weighted by Gasteiger charge is 2.43. The van der Waals surface area contributed by atoms with E-state index >= 15 is 0 Å². The highest BCUT2D eigenvalue weighted by Crippen LogP contribution is 2.50. The minimum absolute atomic E-state index is 0.0825. The molecular weight excluding hydrogens is 402 g/mol. The first kappa shape index (κ1) is 20.1. The molecular formula is C26H31N3O3. The summed E-state index contributed by atoms with van der Waals surface area (Å²) in [7, 11) is 0. The highest BCUT2D eigenvalue weighted by molar-refractivity contribution is 5.99. The van der Waals surface area contributed by atoms with E-state index in [2.05, 4.69) is 21.6 Å². The molecule has 4 aliphatic rings. The van der Waals surface area contributed by atoms with Crippen LogP contribution in [-0.4, -0.2) is 43.3 Å². The van der Waals surface area contributed by atoms with Crippen molar-refractivity contribution in [2.24, 2.45) is 5.92 Å². The summed E-state index contributed by atoms with van der Waals surface area (Å²) in [6.07, 6.45) is 4.65. The third kappa shape index (κ3) is 3.37. The zero-order valence-electron chi connectivity index (χ0n) is 18.6. The predicted octanol–water partition coefficient (Wildman–Crippen LogP) is 3.58. The van der Waals surface area contributed by atoms with Crippen LogP contribution in [0.2, 0.25) is 0 Å². The van der Waals surface area contributed by atoms with Crippen LogP contribution in [0.5, 0.6) is 11.5 Å². The Hall–Kier alpha value is -2.57. The van der Waals surface area contributed by atoms with Crippen LogP contribution in [0.4, 0.5) is 0 Å². The van der Waals surface area contributed by atoms with E-state index in [4.69, 9.17) is 9.47 Å². The molecule has 2 aromatic rings. The Morgan fingerprint density at radius 1 is 1.22 bits per heavy atom. The van der Waals surface area contributed by atoms with Crippen molar-refractivity contribution in [3.63, 3.8) is 0 Å². The molecule has 4 atom stereocenters. The SMILES string of the molecule is C[C@@H](NC(=O)c1cc2c(c3c1OCO3)[C@H]1C[C@@H]3NCCC[C@@H]3CN1CC2)c1ccccc1. The number of hydrogen-bond donors (Lipinski definition) is 2. The molecule has 2 fully saturated rings. The minimum Gasteiger partial charge on any atom is -0.453 e. The summed E-state index contributed by atoms with van der Waals surface area (Å²) in [4.78, 5) is 15.9. The largest absolute Gasteiger partial charge is 0.453 e. The maximum Gasteiger partial charge on any atom is 0.255 e. The van der Waals surface area contributed by atoms with Crippen molar-refractivity contribution in [3.8, 4) is 11.5 Å². The number of carbonyl (C=O) groups excluding carboxylic acids is 1. The van der Waals surface area contributed by atoms with Crippen molar-refractivity contribution in [1.29, 1.82) is 0 Å². The van der Waals surface area contributed by atoms with Crippen molar-refractivity contribution in [2.75, 3.05) is 26.4 Å². The molecule has 0 bridgehead atoms. The molecule has 1 amide bonds. The van der Waals surface area contributed by atoms with Crippen LogP contribution in [0.1, 0.15) is 65.3 Å². The van der Waals surface area contributed by atoms with Gasteiger partial charge in [0.2, 0.25) is 6.79 Å². The quantitative estimate of drug-likeness (QED) is 0.775. The molecule has 0 unspecified atom stereocenters. The molecule has 0 spiro atoms. The zero-order chi connectivity index (χ0) is 21.7. The van der Waals surface area contributed by atoms with Crippen LogP contribution in [0.15, 0.2) is 36.4 Å². The lowest BCUT2D eigenvalue weighted by Gasteiger charge is -2.49. The molecule has 0 saturated carbocycles. The van der Waals surface area contributed by atoms with Gasteiger partial charge >= 0.3 is 0 Å². The summed E-state index contributed by atoms with van der Waals surface area (Å²) in [5, 5.41) is 6.90. The lowest BCUT2D eigenvalue weighted by molar-refractivity contribution is 0.0534. The molecule has 6 nitrogen and oxygen atoms in total. The van der Waals surface area contributed by atoms with Gasteiger partial charge in [-0.1, -0.05) is 30.3 Å². The molecule has 2 aromatic carbocycles. The van der Waals surface area contributed by atoms with Gasteiger partial charge < -0.3 is 20.1 Å². The fourth-order valence-electron chi connectivity index (χ4n) is 6.13. The van der Waals surface area contributed by atoms with Crippen LogP contribution >= 0.6 is 0 Å². The summed E-state index contributed by atoms with van der Waals surface area (Å²) in [6, 6.07) is 12.9. The second-order valence-electron chi connectivity index (χ2n) is 9.63. The molecule has 2 N–H and O–H groups in total. The molecule has 4 aliphatic heterocycles. The van der Waals surface area contributed by atoms with Gasteiger partial charge in [0, 0.05) is 30.7 Å². The fourth-order valence-corrected chi connectivity index (χ4v) is 6.13. The van der Waals surface area contributed by atoms with Gasteiger partial charge in [-0.05, 0) is 62.3 Å². The Morgan fingerprint density at radius 2 is 2.06 bits per heavy atom. The zero-order valence-corrected chi connectivity index (χ0v) is 18.6. The first-order chi connectivity index (χ1) is 15.7. The van der Waals surface area contributed by atoms with Gasteiger partial charge in [0.05, 0.1) is 11.6 Å². The summed E-state index contributed by atoms with van der Waals surface area (Å²) in [5.74, 6) is 2.05. The number of amides is 1. The summed E-state index contributed by atoms with van der Waals surface area (Å²) >= 11 is 0. The average Bonchev–Trinajstić information content (AvgIpc) is 3.32. The highest BCUT2D eigenvalue weighted by atomic mass is 16.7. The number of nitrogens with one attached hydrogen (secondary N) is 2.